The summed E-state index contributed by atoms with van der Waals surface area (Å²) < 4.78 is 0. The van der Waals surface area contributed by atoms with E-state index in [1.807, 2.05) is 25.1 Å². The van der Waals surface area contributed by atoms with Gasteiger partial charge in [-0.1, -0.05) is 24.3 Å². The molecule has 0 spiro atoms. The van der Waals surface area contributed by atoms with Crippen molar-refractivity contribution in [3.63, 3.8) is 0 Å². The summed E-state index contributed by atoms with van der Waals surface area (Å²) in [5.41, 5.74) is 3.87. The predicted molar refractivity (Wildman–Crippen MR) is 98.7 cm³/mol. The highest BCUT2D eigenvalue weighted by molar-refractivity contribution is 5.94. The molecule has 1 aromatic carbocycles. The van der Waals surface area contributed by atoms with Crippen LogP contribution in [0.4, 0.5) is 0 Å². The average Bonchev–Trinajstić information content (AvgIpc) is 2.54. The van der Waals surface area contributed by atoms with Crippen molar-refractivity contribution in [2.24, 2.45) is 0 Å². The molecule has 1 aliphatic heterocycles. The summed E-state index contributed by atoms with van der Waals surface area (Å²) in [5.74, 6) is -0.994. The van der Waals surface area contributed by atoms with Gasteiger partial charge in [0.1, 0.15) is 0 Å². The van der Waals surface area contributed by atoms with Gasteiger partial charge >= 0.3 is 5.97 Å². The molecular weight excluding hydrogens is 314 g/mol. The monoisotopic (exact) mass is 339 g/mol. The largest absolute Gasteiger partial charge is 0.476 e. The zero-order valence-corrected chi connectivity index (χ0v) is 15.0. The lowest BCUT2D eigenvalue weighted by atomic mass is 9.98. The maximum atomic E-state index is 11.5. The summed E-state index contributed by atoms with van der Waals surface area (Å²) in [6, 6.07) is 11.0. The van der Waals surface area contributed by atoms with E-state index in [1.165, 1.54) is 5.56 Å². The number of aryl methyl sites for hydroxylation is 1. The summed E-state index contributed by atoms with van der Waals surface area (Å²) in [7, 11) is 0. The molecule has 25 heavy (non-hydrogen) atoms. The van der Waals surface area contributed by atoms with Crippen molar-refractivity contribution in [1.29, 1.82) is 0 Å². The molecule has 5 nitrogen and oxygen atoms in total. The van der Waals surface area contributed by atoms with E-state index in [0.717, 1.165) is 30.8 Å². The second-order valence-electron chi connectivity index (χ2n) is 7.02. The van der Waals surface area contributed by atoms with Gasteiger partial charge in [0, 0.05) is 43.5 Å². The quantitative estimate of drug-likeness (QED) is 0.896. The number of carboxylic acid groups (broad SMARTS) is 1. The fourth-order valence-corrected chi connectivity index (χ4v) is 3.69. The van der Waals surface area contributed by atoms with Crippen molar-refractivity contribution >= 4 is 5.97 Å². The third kappa shape index (κ3) is 4.06. The minimum atomic E-state index is -0.994. The van der Waals surface area contributed by atoms with Gasteiger partial charge in [0.2, 0.25) is 0 Å². The highest BCUT2D eigenvalue weighted by Crippen LogP contribution is 2.27. The maximum Gasteiger partial charge on any atom is 0.355 e. The zero-order valence-electron chi connectivity index (χ0n) is 15.0. The van der Waals surface area contributed by atoms with E-state index in [0.29, 0.717) is 17.6 Å². The number of carbonyl (C=O) groups is 1. The van der Waals surface area contributed by atoms with Crippen molar-refractivity contribution in [3.05, 3.63) is 53.3 Å². The van der Waals surface area contributed by atoms with Crippen LogP contribution in [0.1, 0.15) is 35.5 Å². The third-order valence-corrected chi connectivity index (χ3v) is 4.64. The molecule has 1 fully saturated rings. The lowest BCUT2D eigenvalue weighted by molar-refractivity contribution is 0.0691. The number of carboxylic acids is 1. The summed E-state index contributed by atoms with van der Waals surface area (Å²) >= 11 is 0. The first-order chi connectivity index (χ1) is 11.9. The Bertz CT molecular complexity index is 748. The van der Waals surface area contributed by atoms with E-state index in [2.05, 4.69) is 41.2 Å². The lowest BCUT2D eigenvalue weighted by Crippen LogP contribution is -2.53. The molecule has 0 radical (unpaired) electrons. The minimum Gasteiger partial charge on any atom is -0.476 e. The van der Waals surface area contributed by atoms with Gasteiger partial charge in [0.25, 0.3) is 0 Å². The Labute approximate surface area is 148 Å². The Kier molecular flexibility index (Phi) is 5.16. The third-order valence-electron chi connectivity index (χ3n) is 4.64. The van der Waals surface area contributed by atoms with Crippen LogP contribution in [-0.2, 0) is 6.54 Å². The number of nitrogens with one attached hydrogen (secondary N) is 1. The zero-order chi connectivity index (χ0) is 18.0. The number of nitrogens with zero attached hydrogens (tertiary/aromatic N) is 2. The van der Waals surface area contributed by atoms with Crippen LogP contribution < -0.4 is 5.32 Å². The molecular formula is C20H25N3O2. The van der Waals surface area contributed by atoms with Gasteiger partial charge in [-0.15, -0.1) is 0 Å². The maximum absolute atomic E-state index is 11.5. The van der Waals surface area contributed by atoms with E-state index in [1.54, 1.807) is 6.20 Å². The first-order valence-electron chi connectivity index (χ1n) is 8.70. The standard InChI is InChI=1S/C20H25N3O2/c1-13-8-9-21-19(20(24)25)18(13)17-6-4-16(5-7-17)12-23-10-14(2)22-15(3)11-23/h4-9,14-15,22H,10-12H2,1-3H3,(H,24,25)/t14-,15+. The second kappa shape index (κ2) is 7.33. The van der Waals surface area contributed by atoms with Crippen molar-refractivity contribution in [1.82, 2.24) is 15.2 Å². The summed E-state index contributed by atoms with van der Waals surface area (Å²) in [6.45, 7) is 9.33. The van der Waals surface area contributed by atoms with Crippen LogP contribution in [-0.4, -0.2) is 46.1 Å². The average molecular weight is 339 g/mol. The van der Waals surface area contributed by atoms with Crippen LogP contribution in [0, 0.1) is 6.92 Å². The van der Waals surface area contributed by atoms with E-state index < -0.39 is 5.97 Å². The molecule has 2 aromatic rings. The topological polar surface area (TPSA) is 65.5 Å². The van der Waals surface area contributed by atoms with Gasteiger partial charge in [-0.05, 0) is 43.5 Å². The summed E-state index contributed by atoms with van der Waals surface area (Å²) in [5, 5.41) is 12.9. The van der Waals surface area contributed by atoms with E-state index in [4.69, 9.17) is 0 Å². The van der Waals surface area contributed by atoms with Gasteiger partial charge in [0.15, 0.2) is 5.69 Å². The summed E-state index contributed by atoms with van der Waals surface area (Å²) in [4.78, 5) is 18.0. The van der Waals surface area contributed by atoms with E-state index >= 15 is 0 Å². The predicted octanol–water partition coefficient (Wildman–Crippen LogP) is 2.94. The van der Waals surface area contributed by atoms with Gasteiger partial charge in [-0.2, -0.15) is 0 Å². The van der Waals surface area contributed by atoms with E-state index in [-0.39, 0.29) is 5.69 Å². The Morgan fingerprint density at radius 1 is 1.20 bits per heavy atom. The highest BCUT2D eigenvalue weighted by Gasteiger charge is 2.21. The van der Waals surface area contributed by atoms with Gasteiger partial charge in [0.05, 0.1) is 0 Å². The summed E-state index contributed by atoms with van der Waals surface area (Å²) in [6.07, 6.45) is 1.55. The number of aromatic nitrogens is 1. The molecule has 1 aliphatic rings. The minimum absolute atomic E-state index is 0.109. The van der Waals surface area contributed by atoms with Crippen LogP contribution in [0.5, 0.6) is 0 Å². The molecule has 0 saturated carbocycles. The Balaban J connectivity index is 1.81. The molecule has 0 amide bonds. The number of aromatic carboxylic acids is 1. The Morgan fingerprint density at radius 2 is 1.84 bits per heavy atom. The van der Waals surface area contributed by atoms with Gasteiger partial charge in [-0.25, -0.2) is 9.78 Å². The molecule has 3 rings (SSSR count). The Morgan fingerprint density at radius 3 is 2.44 bits per heavy atom. The molecule has 2 N–H and O–H groups in total. The van der Waals surface area contributed by atoms with Crippen molar-refractivity contribution < 1.29 is 9.90 Å². The number of rotatable bonds is 4. The van der Waals surface area contributed by atoms with Crippen molar-refractivity contribution in [2.45, 2.75) is 39.4 Å². The number of benzene rings is 1. The fourth-order valence-electron chi connectivity index (χ4n) is 3.69. The van der Waals surface area contributed by atoms with Crippen LogP contribution in [0.15, 0.2) is 36.5 Å². The van der Waals surface area contributed by atoms with E-state index in [9.17, 15) is 9.90 Å². The molecule has 0 aliphatic carbocycles. The normalized spacial score (nSPS) is 21.2. The fraction of sp³-hybridized carbons (Fsp3) is 0.400. The molecule has 0 unspecified atom stereocenters. The lowest BCUT2D eigenvalue weighted by Gasteiger charge is -2.36. The van der Waals surface area contributed by atoms with Crippen molar-refractivity contribution in [3.8, 4) is 11.1 Å². The highest BCUT2D eigenvalue weighted by atomic mass is 16.4. The Hall–Kier alpha value is -2.24. The number of piperazine rings is 1. The number of hydrogen-bond donors (Lipinski definition) is 2. The van der Waals surface area contributed by atoms with Crippen LogP contribution in [0.2, 0.25) is 0 Å². The molecule has 1 aromatic heterocycles. The van der Waals surface area contributed by atoms with Crippen LogP contribution in [0.3, 0.4) is 0 Å². The molecule has 132 valence electrons. The van der Waals surface area contributed by atoms with Gasteiger partial charge in [-0.3, -0.25) is 4.90 Å². The number of pyridine rings is 1. The first kappa shape index (κ1) is 17.6. The molecule has 2 atom stereocenters. The smallest absolute Gasteiger partial charge is 0.355 e. The number of hydrogen-bond acceptors (Lipinski definition) is 4. The first-order valence-corrected chi connectivity index (χ1v) is 8.70. The van der Waals surface area contributed by atoms with Crippen LogP contribution in [0.25, 0.3) is 11.1 Å². The molecule has 5 heteroatoms. The van der Waals surface area contributed by atoms with Crippen molar-refractivity contribution in [2.75, 3.05) is 13.1 Å². The van der Waals surface area contributed by atoms with Crippen LogP contribution >= 0.6 is 0 Å². The second-order valence-corrected chi connectivity index (χ2v) is 7.02. The van der Waals surface area contributed by atoms with Gasteiger partial charge < -0.3 is 10.4 Å². The SMILES string of the molecule is Cc1ccnc(C(=O)O)c1-c1ccc(CN2C[C@@H](C)N[C@@H](C)C2)cc1. The molecule has 1 saturated heterocycles. The molecule has 2 heterocycles. The molecule has 0 bridgehead atoms.